The fraction of sp³-hybridized carbons (Fsp3) is 0.235. The van der Waals surface area contributed by atoms with Crippen molar-refractivity contribution < 1.29 is 4.79 Å². The Bertz CT molecular complexity index is 875. The van der Waals surface area contributed by atoms with Gasteiger partial charge in [0.1, 0.15) is 5.69 Å². The van der Waals surface area contributed by atoms with Crippen LogP contribution in [-0.2, 0) is 6.54 Å². The quantitative estimate of drug-likeness (QED) is 0.508. The van der Waals surface area contributed by atoms with Gasteiger partial charge >= 0.3 is 0 Å². The number of fused-ring (bicyclic) bond motifs is 1. The van der Waals surface area contributed by atoms with Crippen LogP contribution in [-0.4, -0.2) is 26.1 Å². The maximum absolute atomic E-state index is 12.7. The van der Waals surface area contributed by atoms with E-state index in [9.17, 15) is 4.79 Å². The Morgan fingerprint density at radius 2 is 2.09 bits per heavy atom. The summed E-state index contributed by atoms with van der Waals surface area (Å²) in [6, 6.07) is 9.54. The summed E-state index contributed by atoms with van der Waals surface area (Å²) in [6.07, 6.45) is 1.69. The minimum atomic E-state index is -0.0638. The van der Waals surface area contributed by atoms with E-state index in [-0.39, 0.29) is 12.3 Å². The van der Waals surface area contributed by atoms with Crippen LogP contribution in [0.1, 0.15) is 23.0 Å². The molecule has 2 heterocycles. The summed E-state index contributed by atoms with van der Waals surface area (Å²) in [5.41, 5.74) is 3.05. The summed E-state index contributed by atoms with van der Waals surface area (Å²) < 4.78 is 1.72. The number of Topliss-reactive ketones (excluding diaryl/α,β-unsaturated/α-hetero) is 1. The van der Waals surface area contributed by atoms with Crippen molar-refractivity contribution in [1.82, 2.24) is 14.5 Å². The summed E-state index contributed by atoms with van der Waals surface area (Å²) in [6.45, 7) is 4.16. The Kier molecular flexibility index (Phi) is 4.68. The van der Waals surface area contributed by atoms with Crippen molar-refractivity contribution in [2.75, 3.05) is 5.75 Å². The molecule has 0 aliphatic carbocycles. The summed E-state index contributed by atoms with van der Waals surface area (Å²) in [5, 5.41) is 0.316. The van der Waals surface area contributed by atoms with Gasteiger partial charge in [-0.15, -0.1) is 11.8 Å². The van der Waals surface area contributed by atoms with Crippen molar-refractivity contribution in [2.45, 2.75) is 25.3 Å². The minimum Gasteiger partial charge on any atom is -0.307 e. The lowest BCUT2D eigenvalue weighted by Gasteiger charge is -2.10. The Morgan fingerprint density at radius 3 is 2.87 bits per heavy atom. The molecule has 0 unspecified atom stereocenters. The van der Waals surface area contributed by atoms with Gasteiger partial charge in [0.25, 0.3) is 0 Å². The molecule has 0 saturated carbocycles. The number of hydrogen-bond acceptors (Lipinski definition) is 4. The zero-order valence-electron chi connectivity index (χ0n) is 12.9. The van der Waals surface area contributed by atoms with Gasteiger partial charge in [-0.1, -0.05) is 19.1 Å². The number of imidazole rings is 1. The second kappa shape index (κ2) is 6.72. The van der Waals surface area contributed by atoms with Crippen molar-refractivity contribution in [3.63, 3.8) is 0 Å². The van der Waals surface area contributed by atoms with Gasteiger partial charge in [-0.2, -0.15) is 0 Å². The van der Waals surface area contributed by atoms with Crippen LogP contribution in [0, 0.1) is 6.92 Å². The normalized spacial score (nSPS) is 11.1. The number of rotatable bonds is 5. The number of thioether (sulfide) groups is 1. The molecule has 2 aromatic heterocycles. The van der Waals surface area contributed by atoms with Crippen LogP contribution >= 0.6 is 23.4 Å². The van der Waals surface area contributed by atoms with Gasteiger partial charge in [-0.05, 0) is 48.0 Å². The third-order valence-electron chi connectivity index (χ3n) is 3.63. The number of benzene rings is 1. The van der Waals surface area contributed by atoms with Gasteiger partial charge < -0.3 is 4.57 Å². The molecular weight excluding hydrogens is 330 g/mol. The van der Waals surface area contributed by atoms with E-state index < -0.39 is 0 Å². The molecule has 3 aromatic rings. The van der Waals surface area contributed by atoms with E-state index in [2.05, 4.69) is 16.9 Å². The van der Waals surface area contributed by atoms with Crippen LogP contribution < -0.4 is 0 Å². The number of carbonyl (C=O) groups excluding carboxylic acids is 1. The highest BCUT2D eigenvalue weighted by Crippen LogP contribution is 2.25. The Balaban J connectivity index is 1.95. The Labute approximate surface area is 143 Å². The van der Waals surface area contributed by atoms with E-state index >= 15 is 0 Å². The lowest BCUT2D eigenvalue weighted by molar-refractivity contribution is 0.0967. The molecule has 23 heavy (non-hydrogen) atoms. The summed E-state index contributed by atoms with van der Waals surface area (Å²) >= 11 is 7.90. The van der Waals surface area contributed by atoms with E-state index in [0.29, 0.717) is 11.0 Å². The molecule has 6 heteroatoms. The molecule has 0 aliphatic rings. The number of hydrogen-bond donors (Lipinski definition) is 0. The number of para-hydroxylation sites is 2. The fourth-order valence-electron chi connectivity index (χ4n) is 2.53. The molecule has 4 nitrogen and oxygen atoms in total. The van der Waals surface area contributed by atoms with Gasteiger partial charge in [-0.25, -0.2) is 4.98 Å². The topological polar surface area (TPSA) is 47.8 Å². The van der Waals surface area contributed by atoms with Crippen molar-refractivity contribution in [3.05, 3.63) is 53.1 Å². The van der Waals surface area contributed by atoms with Crippen LogP contribution in [0.25, 0.3) is 11.0 Å². The zero-order valence-corrected chi connectivity index (χ0v) is 14.5. The van der Waals surface area contributed by atoms with E-state index in [1.54, 1.807) is 22.5 Å². The summed E-state index contributed by atoms with van der Waals surface area (Å²) in [4.78, 5) is 22.3. The molecular formula is C17H16ClN3OS. The van der Waals surface area contributed by atoms with Crippen LogP contribution in [0.3, 0.4) is 0 Å². The predicted octanol–water partition coefficient (Wildman–Crippen LogP) is 4.39. The van der Waals surface area contributed by atoms with Crippen LogP contribution in [0.15, 0.2) is 41.4 Å². The van der Waals surface area contributed by atoms with Gasteiger partial charge in [0, 0.05) is 11.1 Å². The second-order valence-electron chi connectivity index (χ2n) is 5.09. The number of ketones is 1. The SMILES string of the molecule is CCSc1ccnc(C(=O)Cn2c(Cl)nc3ccccc32)c1C. The molecule has 0 atom stereocenters. The molecule has 0 N–H and O–H groups in total. The predicted molar refractivity (Wildman–Crippen MR) is 94.4 cm³/mol. The van der Waals surface area contributed by atoms with Crippen molar-refractivity contribution in [2.24, 2.45) is 0 Å². The third-order valence-corrected chi connectivity index (χ3v) is 4.96. The molecule has 0 radical (unpaired) electrons. The largest absolute Gasteiger partial charge is 0.307 e. The lowest BCUT2D eigenvalue weighted by Crippen LogP contribution is -2.14. The first-order valence-electron chi connectivity index (χ1n) is 7.34. The highest BCUT2D eigenvalue weighted by Gasteiger charge is 2.17. The molecule has 118 valence electrons. The van der Waals surface area contributed by atoms with E-state index in [1.165, 1.54) is 0 Å². The second-order valence-corrected chi connectivity index (χ2v) is 6.74. The number of pyridine rings is 1. The van der Waals surface area contributed by atoms with Crippen LogP contribution in [0.4, 0.5) is 0 Å². The van der Waals surface area contributed by atoms with E-state index in [1.807, 2.05) is 37.3 Å². The smallest absolute Gasteiger partial charge is 0.204 e. The molecule has 0 bridgehead atoms. The van der Waals surface area contributed by atoms with Crippen molar-refractivity contribution >= 4 is 40.2 Å². The maximum atomic E-state index is 12.7. The fourth-order valence-corrected chi connectivity index (χ4v) is 3.55. The molecule has 0 saturated heterocycles. The highest BCUT2D eigenvalue weighted by molar-refractivity contribution is 7.99. The molecule has 0 amide bonds. The maximum Gasteiger partial charge on any atom is 0.204 e. The average molecular weight is 346 g/mol. The number of aromatic nitrogens is 3. The minimum absolute atomic E-state index is 0.0638. The van der Waals surface area contributed by atoms with Crippen LogP contribution in [0.5, 0.6) is 0 Å². The Hall–Kier alpha value is -1.85. The molecule has 3 rings (SSSR count). The van der Waals surface area contributed by atoms with Gasteiger partial charge in [0.2, 0.25) is 11.1 Å². The van der Waals surface area contributed by atoms with Gasteiger partial charge in [-0.3, -0.25) is 9.78 Å². The van der Waals surface area contributed by atoms with Crippen LogP contribution in [0.2, 0.25) is 5.28 Å². The van der Waals surface area contributed by atoms with Crippen molar-refractivity contribution in [3.8, 4) is 0 Å². The molecule has 0 spiro atoms. The highest BCUT2D eigenvalue weighted by atomic mass is 35.5. The average Bonchev–Trinajstić information content (AvgIpc) is 2.85. The first-order valence-corrected chi connectivity index (χ1v) is 8.70. The monoisotopic (exact) mass is 345 g/mol. The standard InChI is InChI=1S/C17H16ClN3OS/c1-3-23-15-8-9-19-16(11(15)2)14(22)10-21-13-7-5-4-6-12(13)20-17(21)18/h4-9H,3,10H2,1-2H3. The molecule has 0 fully saturated rings. The molecule has 0 aliphatic heterocycles. The molecule has 1 aromatic carbocycles. The summed E-state index contributed by atoms with van der Waals surface area (Å²) in [7, 11) is 0. The first kappa shape index (κ1) is 16.0. The zero-order chi connectivity index (χ0) is 16.4. The number of nitrogens with zero attached hydrogens (tertiary/aromatic N) is 3. The van der Waals surface area contributed by atoms with E-state index in [4.69, 9.17) is 11.6 Å². The Morgan fingerprint density at radius 1 is 1.30 bits per heavy atom. The van der Waals surface area contributed by atoms with E-state index in [0.717, 1.165) is 27.2 Å². The van der Waals surface area contributed by atoms with Crippen molar-refractivity contribution in [1.29, 1.82) is 0 Å². The third kappa shape index (κ3) is 3.12. The number of halogens is 1. The first-order chi connectivity index (χ1) is 11.1. The lowest BCUT2D eigenvalue weighted by atomic mass is 10.1. The van der Waals surface area contributed by atoms with Gasteiger partial charge in [0.05, 0.1) is 17.6 Å². The summed E-state index contributed by atoms with van der Waals surface area (Å²) in [5.74, 6) is 0.891. The van der Waals surface area contributed by atoms with Gasteiger partial charge in [0.15, 0.2) is 0 Å². The number of carbonyl (C=O) groups is 1.